The Bertz CT molecular complexity index is 483. The van der Waals surface area contributed by atoms with E-state index in [1.54, 1.807) is 13.8 Å². The van der Waals surface area contributed by atoms with E-state index in [2.05, 4.69) is 5.32 Å². The van der Waals surface area contributed by atoms with Crippen molar-refractivity contribution in [3.8, 4) is 0 Å². The predicted octanol–water partition coefficient (Wildman–Crippen LogP) is 0.192. The minimum Gasteiger partial charge on any atom is -0.481 e. The number of carbonyl (C=O) groups excluding carboxylic acids is 1. The Balaban J connectivity index is 2.58. The molecule has 8 heteroatoms. The summed E-state index contributed by atoms with van der Waals surface area (Å²) in [5, 5.41) is 12.3. The number of carboxylic acid groups (broad SMARTS) is 1. The summed E-state index contributed by atoms with van der Waals surface area (Å²) < 4.78 is 22.4. The maximum Gasteiger partial charge on any atom is 0.318 e. The number of hydrogen-bond donors (Lipinski definition) is 2. The van der Waals surface area contributed by atoms with Gasteiger partial charge < -0.3 is 15.3 Å². The molecule has 1 rings (SSSR count). The van der Waals surface area contributed by atoms with Crippen molar-refractivity contribution in [1.29, 1.82) is 0 Å². The number of sulfone groups is 1. The minimum absolute atomic E-state index is 0.0853. The van der Waals surface area contributed by atoms with Crippen LogP contribution in [0.3, 0.4) is 0 Å². The van der Waals surface area contributed by atoms with Crippen LogP contribution in [0.15, 0.2) is 11.5 Å². The highest BCUT2D eigenvalue weighted by Gasteiger charge is 2.26. The highest BCUT2D eigenvalue weighted by atomic mass is 32.2. The van der Waals surface area contributed by atoms with Crippen molar-refractivity contribution < 1.29 is 23.1 Å². The standard InChI is InChI=1S/C11H18N2O5S/c1-8(2)13(5-3-10(14)15)11(16)12-9-4-6-19(17,18)7-9/h4,6,8-9H,3,5,7H2,1-2H3,(H,12,16)(H,14,15). The lowest BCUT2D eigenvalue weighted by molar-refractivity contribution is -0.137. The van der Waals surface area contributed by atoms with Crippen LogP contribution in [0, 0.1) is 0 Å². The summed E-state index contributed by atoms with van der Waals surface area (Å²) in [4.78, 5) is 23.9. The SMILES string of the molecule is CC(C)N(CCC(=O)O)C(=O)NC1C=CS(=O)(=O)C1. The lowest BCUT2D eigenvalue weighted by Gasteiger charge is -2.27. The molecule has 0 aromatic rings. The lowest BCUT2D eigenvalue weighted by atomic mass is 10.3. The fraction of sp³-hybridized carbons (Fsp3) is 0.636. The molecule has 7 nitrogen and oxygen atoms in total. The minimum atomic E-state index is -3.22. The van der Waals surface area contributed by atoms with Crippen LogP contribution in [0.2, 0.25) is 0 Å². The summed E-state index contributed by atoms with van der Waals surface area (Å²) in [6.07, 6.45) is 1.27. The Labute approximate surface area is 112 Å². The molecule has 19 heavy (non-hydrogen) atoms. The zero-order valence-corrected chi connectivity index (χ0v) is 11.7. The third-order valence-corrected chi connectivity index (χ3v) is 4.09. The Morgan fingerprint density at radius 2 is 2.11 bits per heavy atom. The van der Waals surface area contributed by atoms with Crippen molar-refractivity contribution in [2.75, 3.05) is 12.3 Å². The number of amides is 2. The molecule has 0 aromatic heterocycles. The van der Waals surface area contributed by atoms with Gasteiger partial charge in [0.25, 0.3) is 0 Å². The first kappa shape index (κ1) is 15.5. The Morgan fingerprint density at radius 3 is 2.53 bits per heavy atom. The fourth-order valence-electron chi connectivity index (χ4n) is 1.72. The Hall–Kier alpha value is -1.57. The van der Waals surface area contributed by atoms with Crippen LogP contribution in [0.5, 0.6) is 0 Å². The van der Waals surface area contributed by atoms with Gasteiger partial charge in [0.15, 0.2) is 9.84 Å². The molecule has 0 radical (unpaired) electrons. The van der Waals surface area contributed by atoms with Crippen LogP contribution >= 0.6 is 0 Å². The Kier molecular flexibility index (Phi) is 4.93. The summed E-state index contributed by atoms with van der Waals surface area (Å²) in [6, 6.07) is -1.17. The molecular weight excluding hydrogens is 272 g/mol. The zero-order chi connectivity index (χ0) is 14.6. The first-order valence-electron chi connectivity index (χ1n) is 5.91. The van der Waals surface area contributed by atoms with Crippen LogP contribution in [0.4, 0.5) is 4.79 Å². The van der Waals surface area contributed by atoms with Gasteiger partial charge in [-0.25, -0.2) is 13.2 Å². The van der Waals surface area contributed by atoms with Gasteiger partial charge in [0.2, 0.25) is 0 Å². The summed E-state index contributed by atoms with van der Waals surface area (Å²) >= 11 is 0. The first-order chi connectivity index (χ1) is 8.71. The van der Waals surface area contributed by atoms with Gasteiger partial charge in [-0.15, -0.1) is 0 Å². The van der Waals surface area contributed by atoms with E-state index in [-0.39, 0.29) is 24.8 Å². The van der Waals surface area contributed by atoms with Crippen LogP contribution in [-0.2, 0) is 14.6 Å². The molecule has 1 unspecified atom stereocenters. The molecule has 0 fully saturated rings. The van der Waals surface area contributed by atoms with Crippen molar-refractivity contribution in [2.24, 2.45) is 0 Å². The molecule has 0 bridgehead atoms. The van der Waals surface area contributed by atoms with Crippen molar-refractivity contribution in [3.05, 3.63) is 11.5 Å². The first-order valence-corrected chi connectivity index (χ1v) is 7.62. The highest BCUT2D eigenvalue weighted by molar-refractivity contribution is 7.94. The molecular formula is C11H18N2O5S. The molecule has 0 aliphatic carbocycles. The third kappa shape index (κ3) is 4.90. The third-order valence-electron chi connectivity index (χ3n) is 2.69. The molecule has 1 aliphatic rings. The molecule has 0 saturated heterocycles. The molecule has 0 spiro atoms. The number of nitrogens with one attached hydrogen (secondary N) is 1. The summed E-state index contributed by atoms with van der Waals surface area (Å²) in [5.41, 5.74) is 0. The van der Waals surface area contributed by atoms with Gasteiger partial charge in [0.1, 0.15) is 0 Å². The van der Waals surface area contributed by atoms with Gasteiger partial charge in [-0.3, -0.25) is 4.79 Å². The number of rotatable bonds is 5. The second kappa shape index (κ2) is 6.05. The topological polar surface area (TPSA) is 104 Å². The largest absolute Gasteiger partial charge is 0.481 e. The number of hydrogen-bond acceptors (Lipinski definition) is 4. The van der Waals surface area contributed by atoms with E-state index in [9.17, 15) is 18.0 Å². The Morgan fingerprint density at radius 1 is 1.47 bits per heavy atom. The van der Waals surface area contributed by atoms with E-state index < -0.39 is 27.9 Å². The summed E-state index contributed by atoms with van der Waals surface area (Å²) in [7, 11) is -3.22. The van der Waals surface area contributed by atoms with Gasteiger partial charge in [0.05, 0.1) is 18.2 Å². The molecule has 2 amide bonds. The van der Waals surface area contributed by atoms with Crippen molar-refractivity contribution >= 4 is 21.8 Å². The summed E-state index contributed by atoms with van der Waals surface area (Å²) in [6.45, 7) is 3.62. The van der Waals surface area contributed by atoms with Gasteiger partial charge in [-0.2, -0.15) is 0 Å². The number of carboxylic acids is 1. The maximum atomic E-state index is 12.0. The smallest absolute Gasteiger partial charge is 0.318 e. The molecule has 108 valence electrons. The molecule has 0 aromatic carbocycles. The quantitative estimate of drug-likeness (QED) is 0.752. The van der Waals surface area contributed by atoms with Gasteiger partial charge in [-0.1, -0.05) is 0 Å². The van der Waals surface area contributed by atoms with Gasteiger partial charge in [0, 0.05) is 18.0 Å². The van der Waals surface area contributed by atoms with Crippen LogP contribution < -0.4 is 5.32 Å². The van der Waals surface area contributed by atoms with Crippen LogP contribution in [0.1, 0.15) is 20.3 Å². The van der Waals surface area contributed by atoms with Gasteiger partial charge >= 0.3 is 12.0 Å². The van der Waals surface area contributed by atoms with Crippen LogP contribution in [-0.4, -0.2) is 54.8 Å². The van der Waals surface area contributed by atoms with Gasteiger partial charge in [-0.05, 0) is 19.9 Å². The monoisotopic (exact) mass is 290 g/mol. The average molecular weight is 290 g/mol. The molecule has 1 aliphatic heterocycles. The average Bonchev–Trinajstić information content (AvgIpc) is 2.57. The number of carbonyl (C=O) groups is 2. The normalized spacial score (nSPS) is 20.5. The second-order valence-electron chi connectivity index (χ2n) is 4.64. The second-order valence-corrected chi connectivity index (χ2v) is 6.58. The number of aliphatic carboxylic acids is 1. The lowest BCUT2D eigenvalue weighted by Crippen LogP contribution is -2.48. The van der Waals surface area contributed by atoms with E-state index in [1.807, 2.05) is 0 Å². The molecule has 2 N–H and O–H groups in total. The molecule has 1 heterocycles. The van der Waals surface area contributed by atoms with E-state index in [0.717, 1.165) is 5.41 Å². The zero-order valence-electron chi connectivity index (χ0n) is 10.9. The van der Waals surface area contributed by atoms with E-state index in [1.165, 1.54) is 11.0 Å². The number of urea groups is 1. The highest BCUT2D eigenvalue weighted by Crippen LogP contribution is 2.09. The molecule has 1 atom stereocenters. The molecule has 0 saturated carbocycles. The summed E-state index contributed by atoms with van der Waals surface area (Å²) in [5.74, 6) is -1.13. The van der Waals surface area contributed by atoms with E-state index in [4.69, 9.17) is 5.11 Å². The van der Waals surface area contributed by atoms with Crippen molar-refractivity contribution in [3.63, 3.8) is 0 Å². The van der Waals surface area contributed by atoms with E-state index in [0.29, 0.717) is 0 Å². The van der Waals surface area contributed by atoms with E-state index >= 15 is 0 Å². The predicted molar refractivity (Wildman–Crippen MR) is 69.3 cm³/mol. The number of nitrogens with zero attached hydrogens (tertiary/aromatic N) is 1. The van der Waals surface area contributed by atoms with Crippen molar-refractivity contribution in [1.82, 2.24) is 10.2 Å². The van der Waals surface area contributed by atoms with Crippen LogP contribution in [0.25, 0.3) is 0 Å². The fourth-order valence-corrected chi connectivity index (χ4v) is 2.95. The maximum absolute atomic E-state index is 12.0. The van der Waals surface area contributed by atoms with Crippen molar-refractivity contribution in [2.45, 2.75) is 32.4 Å².